The molecule has 4 atom stereocenters. The molecule has 4 rings (SSSR count). The average Bonchev–Trinajstić information content (AvgIpc) is 2.98. The van der Waals surface area contributed by atoms with Crippen LogP contribution in [0, 0.1) is 23.2 Å². The van der Waals surface area contributed by atoms with Crippen molar-refractivity contribution in [2.75, 3.05) is 13.6 Å². The zero-order chi connectivity index (χ0) is 16.8. The summed E-state index contributed by atoms with van der Waals surface area (Å²) < 4.78 is 0. The van der Waals surface area contributed by atoms with Gasteiger partial charge in [-0.3, -0.25) is 4.79 Å². The standard InChI is InChI=1S/C19H22N4O/c1-23-10-11(5-12(8-20)19(21)24)6-15-14-3-2-4-16-18(14)13(9-22-16)7-17(15)23/h2-4,9,11-12,15,17,22H,5-7,10H2,1H3,(H2,21,24)/t11-,12+,15-,17-/m1/s1. The Kier molecular flexibility index (Phi) is 3.58. The van der Waals surface area contributed by atoms with Crippen LogP contribution in [0.4, 0.5) is 0 Å². The van der Waals surface area contributed by atoms with Crippen molar-refractivity contribution in [3.8, 4) is 6.07 Å². The van der Waals surface area contributed by atoms with Crippen LogP contribution in [0.5, 0.6) is 0 Å². The molecule has 0 bridgehead atoms. The number of H-pyrrole nitrogens is 1. The molecule has 1 saturated heterocycles. The zero-order valence-electron chi connectivity index (χ0n) is 13.8. The fourth-order valence-electron chi connectivity index (χ4n) is 4.79. The number of rotatable bonds is 3. The molecule has 1 aliphatic heterocycles. The predicted molar refractivity (Wildman–Crippen MR) is 92.2 cm³/mol. The maximum atomic E-state index is 11.4. The summed E-state index contributed by atoms with van der Waals surface area (Å²) in [6.07, 6.45) is 4.78. The van der Waals surface area contributed by atoms with Gasteiger partial charge in [0.25, 0.3) is 0 Å². The molecular weight excluding hydrogens is 300 g/mol. The maximum Gasteiger partial charge on any atom is 0.234 e. The lowest BCUT2D eigenvalue weighted by atomic mass is 9.71. The summed E-state index contributed by atoms with van der Waals surface area (Å²) in [7, 11) is 2.16. The number of carbonyl (C=O) groups is 1. The van der Waals surface area contributed by atoms with E-state index in [9.17, 15) is 10.1 Å². The van der Waals surface area contributed by atoms with Gasteiger partial charge in [-0.1, -0.05) is 12.1 Å². The highest BCUT2D eigenvalue weighted by atomic mass is 16.1. The van der Waals surface area contributed by atoms with E-state index >= 15 is 0 Å². The fourth-order valence-corrected chi connectivity index (χ4v) is 4.79. The van der Waals surface area contributed by atoms with Gasteiger partial charge in [-0.2, -0.15) is 5.26 Å². The first-order chi connectivity index (χ1) is 11.6. The molecule has 24 heavy (non-hydrogen) atoms. The Balaban J connectivity index is 1.66. The summed E-state index contributed by atoms with van der Waals surface area (Å²) in [5.74, 6) is -0.403. The molecule has 0 radical (unpaired) electrons. The quantitative estimate of drug-likeness (QED) is 0.908. The normalized spacial score (nSPS) is 27.4. The molecule has 2 heterocycles. The molecule has 5 nitrogen and oxygen atoms in total. The first kappa shape index (κ1) is 15.2. The van der Waals surface area contributed by atoms with E-state index in [0.717, 1.165) is 19.4 Å². The van der Waals surface area contributed by atoms with Gasteiger partial charge in [-0.05, 0) is 49.4 Å². The predicted octanol–water partition coefficient (Wildman–Crippen LogP) is 2.14. The van der Waals surface area contributed by atoms with E-state index in [4.69, 9.17) is 5.73 Å². The largest absolute Gasteiger partial charge is 0.369 e. The zero-order valence-corrected chi connectivity index (χ0v) is 13.8. The molecule has 1 amide bonds. The third kappa shape index (κ3) is 2.30. The molecule has 0 saturated carbocycles. The molecule has 1 aliphatic carbocycles. The Morgan fingerprint density at radius 1 is 1.54 bits per heavy atom. The van der Waals surface area contributed by atoms with Crippen LogP contribution in [0.15, 0.2) is 24.4 Å². The monoisotopic (exact) mass is 322 g/mol. The number of benzene rings is 1. The second-order valence-electron chi connectivity index (χ2n) is 7.32. The van der Waals surface area contributed by atoms with Crippen molar-refractivity contribution in [2.45, 2.75) is 31.2 Å². The minimum absolute atomic E-state index is 0.323. The van der Waals surface area contributed by atoms with E-state index in [1.54, 1.807) is 0 Å². The van der Waals surface area contributed by atoms with E-state index in [-0.39, 0.29) is 0 Å². The number of carbonyl (C=O) groups excluding carboxylic acids is 1. The lowest BCUT2D eigenvalue weighted by Gasteiger charge is -2.45. The number of nitrogens with zero attached hydrogens (tertiary/aromatic N) is 2. The minimum Gasteiger partial charge on any atom is -0.369 e. The number of nitrogens with two attached hydrogens (primary N) is 1. The number of aromatic nitrogens is 1. The van der Waals surface area contributed by atoms with Gasteiger partial charge < -0.3 is 15.6 Å². The first-order valence-electron chi connectivity index (χ1n) is 8.56. The molecule has 1 aromatic carbocycles. The minimum atomic E-state index is -0.679. The number of piperidine rings is 1. The summed E-state index contributed by atoms with van der Waals surface area (Å²) in [5, 5.41) is 10.6. The van der Waals surface area contributed by atoms with Crippen LogP contribution in [-0.2, 0) is 11.2 Å². The Morgan fingerprint density at radius 3 is 3.12 bits per heavy atom. The molecule has 0 unspecified atom stereocenters. The van der Waals surface area contributed by atoms with Crippen LogP contribution < -0.4 is 5.73 Å². The smallest absolute Gasteiger partial charge is 0.234 e. The van der Waals surface area contributed by atoms with Crippen LogP contribution in [0.25, 0.3) is 10.9 Å². The molecule has 3 N–H and O–H groups in total. The number of likely N-dealkylation sites (tertiary alicyclic amines) is 1. The SMILES string of the molecule is CN1C[C@H](C[C@@H](C#N)C(N)=O)C[C@@H]2c3cccc4[nH]cc(c34)C[C@H]21. The topological polar surface area (TPSA) is 85.9 Å². The van der Waals surface area contributed by atoms with E-state index in [1.165, 1.54) is 22.0 Å². The van der Waals surface area contributed by atoms with Gasteiger partial charge in [0.05, 0.1) is 6.07 Å². The Labute approximate surface area is 141 Å². The highest BCUT2D eigenvalue weighted by Gasteiger charge is 2.40. The van der Waals surface area contributed by atoms with Crippen LogP contribution in [0.2, 0.25) is 0 Å². The summed E-state index contributed by atoms with van der Waals surface area (Å²) in [5.41, 5.74) is 9.38. The van der Waals surface area contributed by atoms with E-state index in [0.29, 0.717) is 24.3 Å². The van der Waals surface area contributed by atoms with Gasteiger partial charge in [0, 0.05) is 35.6 Å². The van der Waals surface area contributed by atoms with Crippen LogP contribution in [0.3, 0.4) is 0 Å². The molecule has 1 fully saturated rings. The van der Waals surface area contributed by atoms with Crippen molar-refractivity contribution in [1.29, 1.82) is 5.26 Å². The van der Waals surface area contributed by atoms with Gasteiger partial charge in [-0.15, -0.1) is 0 Å². The Hall–Kier alpha value is -2.32. The molecule has 0 spiro atoms. The third-order valence-electron chi connectivity index (χ3n) is 5.88. The van der Waals surface area contributed by atoms with Crippen molar-refractivity contribution in [3.05, 3.63) is 35.5 Å². The van der Waals surface area contributed by atoms with Gasteiger partial charge in [0.1, 0.15) is 5.92 Å². The number of hydrogen-bond acceptors (Lipinski definition) is 3. The van der Waals surface area contributed by atoms with E-state index in [2.05, 4.69) is 47.4 Å². The number of primary amides is 1. The first-order valence-corrected chi connectivity index (χ1v) is 8.56. The average molecular weight is 322 g/mol. The molecule has 5 heteroatoms. The van der Waals surface area contributed by atoms with E-state index < -0.39 is 11.8 Å². The van der Waals surface area contributed by atoms with Crippen molar-refractivity contribution >= 4 is 16.8 Å². The number of hydrogen-bond donors (Lipinski definition) is 2. The number of aromatic amines is 1. The maximum absolute atomic E-state index is 11.4. The molecular formula is C19H22N4O. The lowest BCUT2D eigenvalue weighted by molar-refractivity contribution is -0.120. The van der Waals surface area contributed by atoms with Crippen molar-refractivity contribution in [2.24, 2.45) is 17.6 Å². The summed E-state index contributed by atoms with van der Waals surface area (Å²) in [4.78, 5) is 17.2. The molecule has 2 aromatic rings. The second-order valence-corrected chi connectivity index (χ2v) is 7.32. The second kappa shape index (κ2) is 5.64. The van der Waals surface area contributed by atoms with Crippen LogP contribution >= 0.6 is 0 Å². The van der Waals surface area contributed by atoms with Crippen molar-refractivity contribution < 1.29 is 4.79 Å². The van der Waals surface area contributed by atoms with Gasteiger partial charge in [0.15, 0.2) is 0 Å². The Morgan fingerprint density at radius 2 is 2.38 bits per heavy atom. The summed E-state index contributed by atoms with van der Waals surface area (Å²) >= 11 is 0. The van der Waals surface area contributed by atoms with Gasteiger partial charge in [0.2, 0.25) is 5.91 Å². The number of nitrogens with one attached hydrogen (secondary N) is 1. The number of nitriles is 1. The summed E-state index contributed by atoms with van der Waals surface area (Å²) in [6, 6.07) is 9.04. The fraction of sp³-hybridized carbons (Fsp3) is 0.474. The number of fused-ring (bicyclic) bond motifs is 2. The highest BCUT2D eigenvalue weighted by molar-refractivity contribution is 5.88. The van der Waals surface area contributed by atoms with Crippen LogP contribution in [-0.4, -0.2) is 35.4 Å². The Bertz CT molecular complexity index is 833. The third-order valence-corrected chi connectivity index (χ3v) is 5.88. The van der Waals surface area contributed by atoms with Gasteiger partial charge in [-0.25, -0.2) is 0 Å². The highest BCUT2D eigenvalue weighted by Crippen LogP contribution is 2.45. The number of likely N-dealkylation sites (N-methyl/N-ethyl adjacent to an activating group) is 1. The van der Waals surface area contributed by atoms with Crippen molar-refractivity contribution in [3.63, 3.8) is 0 Å². The van der Waals surface area contributed by atoms with Crippen molar-refractivity contribution in [1.82, 2.24) is 9.88 Å². The van der Waals surface area contributed by atoms with Crippen LogP contribution in [0.1, 0.15) is 29.9 Å². The molecule has 124 valence electrons. The number of amides is 1. The van der Waals surface area contributed by atoms with Gasteiger partial charge >= 0.3 is 0 Å². The molecule has 2 aliphatic rings. The molecule has 1 aromatic heterocycles. The lowest BCUT2D eigenvalue weighted by Crippen LogP contribution is -2.48. The summed E-state index contributed by atoms with van der Waals surface area (Å²) in [6.45, 7) is 0.919. The van der Waals surface area contributed by atoms with E-state index in [1.807, 2.05) is 0 Å².